The van der Waals surface area contributed by atoms with Gasteiger partial charge in [0.15, 0.2) is 0 Å². The standard InChI is InChI=1S/C13H13Cl2N3/c1-9-7-16-13(15)17-12(9)18(2)8-10-4-3-5-11(14)6-10/h3-7H,8H2,1-2H3. The minimum absolute atomic E-state index is 0.258. The Kier molecular flexibility index (Phi) is 4.04. The second kappa shape index (κ2) is 5.55. The monoisotopic (exact) mass is 281 g/mol. The molecule has 0 unspecified atom stereocenters. The molecule has 0 aliphatic heterocycles. The summed E-state index contributed by atoms with van der Waals surface area (Å²) < 4.78 is 0. The van der Waals surface area contributed by atoms with E-state index < -0.39 is 0 Å². The lowest BCUT2D eigenvalue weighted by Gasteiger charge is -2.20. The summed E-state index contributed by atoms with van der Waals surface area (Å²) in [5, 5.41) is 0.992. The Bertz CT molecular complexity index is 558. The number of hydrogen-bond acceptors (Lipinski definition) is 3. The van der Waals surface area contributed by atoms with Crippen molar-refractivity contribution < 1.29 is 0 Å². The second-order valence-electron chi connectivity index (χ2n) is 4.13. The third kappa shape index (κ3) is 3.12. The van der Waals surface area contributed by atoms with Crippen LogP contribution in [0.15, 0.2) is 30.5 Å². The van der Waals surface area contributed by atoms with Gasteiger partial charge in [-0.25, -0.2) is 9.97 Å². The maximum absolute atomic E-state index is 5.97. The minimum atomic E-state index is 0.258. The number of aromatic nitrogens is 2. The van der Waals surface area contributed by atoms with Crippen LogP contribution in [-0.4, -0.2) is 17.0 Å². The number of halogens is 2. The van der Waals surface area contributed by atoms with Crippen molar-refractivity contribution in [2.45, 2.75) is 13.5 Å². The molecule has 1 aromatic heterocycles. The predicted octanol–water partition coefficient (Wildman–Crippen LogP) is 3.73. The van der Waals surface area contributed by atoms with Gasteiger partial charge in [0.2, 0.25) is 5.28 Å². The molecule has 1 heterocycles. The minimum Gasteiger partial charge on any atom is -0.355 e. The molecule has 0 saturated carbocycles. The van der Waals surface area contributed by atoms with Crippen LogP contribution in [0.4, 0.5) is 5.82 Å². The summed E-state index contributed by atoms with van der Waals surface area (Å²) in [6.07, 6.45) is 1.72. The van der Waals surface area contributed by atoms with Crippen molar-refractivity contribution in [1.29, 1.82) is 0 Å². The molecule has 18 heavy (non-hydrogen) atoms. The number of rotatable bonds is 3. The molecule has 3 nitrogen and oxygen atoms in total. The molecule has 0 bridgehead atoms. The first-order valence-corrected chi connectivity index (χ1v) is 6.26. The summed E-state index contributed by atoms with van der Waals surface area (Å²) in [5.74, 6) is 0.829. The molecule has 0 N–H and O–H groups in total. The van der Waals surface area contributed by atoms with E-state index in [-0.39, 0.29) is 5.28 Å². The lowest BCUT2D eigenvalue weighted by molar-refractivity contribution is 0.882. The lowest BCUT2D eigenvalue weighted by atomic mass is 10.2. The zero-order chi connectivity index (χ0) is 13.1. The van der Waals surface area contributed by atoms with Crippen molar-refractivity contribution in [2.75, 3.05) is 11.9 Å². The molecular weight excluding hydrogens is 269 g/mol. The number of benzene rings is 1. The van der Waals surface area contributed by atoms with Gasteiger partial charge in [0.05, 0.1) is 0 Å². The van der Waals surface area contributed by atoms with Crippen LogP contribution in [0.25, 0.3) is 0 Å². The van der Waals surface area contributed by atoms with Crippen LogP contribution in [0.2, 0.25) is 10.3 Å². The van der Waals surface area contributed by atoms with E-state index >= 15 is 0 Å². The highest BCUT2D eigenvalue weighted by molar-refractivity contribution is 6.30. The summed E-state index contributed by atoms with van der Waals surface area (Å²) in [6, 6.07) is 7.76. The fourth-order valence-corrected chi connectivity index (χ4v) is 2.12. The lowest BCUT2D eigenvalue weighted by Crippen LogP contribution is -2.19. The molecule has 0 radical (unpaired) electrons. The maximum atomic E-state index is 5.97. The highest BCUT2D eigenvalue weighted by Crippen LogP contribution is 2.20. The third-order valence-electron chi connectivity index (χ3n) is 2.59. The normalized spacial score (nSPS) is 10.4. The predicted molar refractivity (Wildman–Crippen MR) is 75.3 cm³/mol. The second-order valence-corrected chi connectivity index (χ2v) is 4.91. The van der Waals surface area contributed by atoms with Gasteiger partial charge < -0.3 is 4.90 Å². The van der Waals surface area contributed by atoms with Gasteiger partial charge in [0.1, 0.15) is 5.82 Å². The van der Waals surface area contributed by atoms with Crippen LogP contribution in [-0.2, 0) is 6.54 Å². The first-order valence-electron chi connectivity index (χ1n) is 5.51. The summed E-state index contributed by atoms with van der Waals surface area (Å²) in [6.45, 7) is 2.68. The average Bonchev–Trinajstić information content (AvgIpc) is 2.32. The summed E-state index contributed by atoms with van der Waals surface area (Å²) in [5.41, 5.74) is 2.11. The van der Waals surface area contributed by atoms with E-state index in [0.29, 0.717) is 0 Å². The van der Waals surface area contributed by atoms with E-state index in [0.717, 1.165) is 28.5 Å². The van der Waals surface area contributed by atoms with Gasteiger partial charge >= 0.3 is 0 Å². The van der Waals surface area contributed by atoms with Crippen molar-refractivity contribution in [3.63, 3.8) is 0 Å². The first kappa shape index (κ1) is 13.1. The van der Waals surface area contributed by atoms with E-state index in [2.05, 4.69) is 9.97 Å². The Labute approximate surface area is 116 Å². The van der Waals surface area contributed by atoms with Crippen LogP contribution in [0.1, 0.15) is 11.1 Å². The molecule has 2 aromatic rings. The summed E-state index contributed by atoms with van der Waals surface area (Å²) in [4.78, 5) is 10.2. The Balaban J connectivity index is 2.21. The maximum Gasteiger partial charge on any atom is 0.224 e. The van der Waals surface area contributed by atoms with E-state index in [1.54, 1.807) is 6.20 Å². The van der Waals surface area contributed by atoms with Crippen LogP contribution < -0.4 is 4.90 Å². The number of aryl methyl sites for hydroxylation is 1. The van der Waals surface area contributed by atoms with Gasteiger partial charge in [-0.1, -0.05) is 23.7 Å². The Morgan fingerprint density at radius 1 is 1.28 bits per heavy atom. The van der Waals surface area contributed by atoms with Gasteiger partial charge in [0.25, 0.3) is 0 Å². The average molecular weight is 282 g/mol. The van der Waals surface area contributed by atoms with E-state index in [1.165, 1.54) is 0 Å². The van der Waals surface area contributed by atoms with E-state index in [1.807, 2.05) is 43.1 Å². The highest BCUT2D eigenvalue weighted by Gasteiger charge is 2.08. The molecular formula is C13H13Cl2N3. The number of nitrogens with zero attached hydrogens (tertiary/aromatic N) is 3. The van der Waals surface area contributed by atoms with Crippen LogP contribution >= 0.6 is 23.2 Å². The molecule has 0 spiro atoms. The van der Waals surface area contributed by atoms with Gasteiger partial charge in [-0.05, 0) is 36.2 Å². The first-order chi connectivity index (χ1) is 8.56. The fraction of sp³-hybridized carbons (Fsp3) is 0.231. The van der Waals surface area contributed by atoms with Crippen LogP contribution in [0.3, 0.4) is 0 Å². The summed E-state index contributed by atoms with van der Waals surface area (Å²) in [7, 11) is 1.96. The molecule has 1 aromatic carbocycles. The van der Waals surface area contributed by atoms with Gasteiger partial charge in [-0.2, -0.15) is 0 Å². The van der Waals surface area contributed by atoms with E-state index in [9.17, 15) is 0 Å². The van der Waals surface area contributed by atoms with Gasteiger partial charge in [-0.15, -0.1) is 0 Å². The van der Waals surface area contributed by atoms with Crippen molar-refractivity contribution >= 4 is 29.0 Å². The SMILES string of the molecule is Cc1cnc(Cl)nc1N(C)Cc1cccc(Cl)c1. The van der Waals surface area contributed by atoms with Gasteiger partial charge in [0, 0.05) is 30.4 Å². The zero-order valence-electron chi connectivity index (χ0n) is 10.2. The summed E-state index contributed by atoms with van der Waals surface area (Å²) >= 11 is 11.8. The van der Waals surface area contributed by atoms with Crippen molar-refractivity contribution in [3.05, 3.63) is 51.9 Å². The Morgan fingerprint density at radius 2 is 2.06 bits per heavy atom. The van der Waals surface area contributed by atoms with E-state index in [4.69, 9.17) is 23.2 Å². The molecule has 0 aliphatic rings. The van der Waals surface area contributed by atoms with Crippen LogP contribution in [0, 0.1) is 6.92 Å². The number of hydrogen-bond donors (Lipinski definition) is 0. The Morgan fingerprint density at radius 3 is 2.78 bits per heavy atom. The quantitative estimate of drug-likeness (QED) is 0.803. The van der Waals surface area contributed by atoms with Crippen molar-refractivity contribution in [3.8, 4) is 0 Å². The van der Waals surface area contributed by atoms with Crippen molar-refractivity contribution in [2.24, 2.45) is 0 Å². The fourth-order valence-electron chi connectivity index (χ4n) is 1.78. The molecule has 2 rings (SSSR count). The van der Waals surface area contributed by atoms with Crippen LogP contribution in [0.5, 0.6) is 0 Å². The highest BCUT2D eigenvalue weighted by atomic mass is 35.5. The molecule has 5 heteroatoms. The Hall–Kier alpha value is -1.32. The van der Waals surface area contributed by atoms with Gasteiger partial charge in [-0.3, -0.25) is 0 Å². The van der Waals surface area contributed by atoms with Crippen molar-refractivity contribution in [1.82, 2.24) is 9.97 Å². The number of anilines is 1. The largest absolute Gasteiger partial charge is 0.355 e. The zero-order valence-corrected chi connectivity index (χ0v) is 11.7. The third-order valence-corrected chi connectivity index (χ3v) is 3.00. The molecule has 0 amide bonds. The molecule has 0 atom stereocenters. The topological polar surface area (TPSA) is 29.0 Å². The molecule has 0 saturated heterocycles. The molecule has 94 valence electrons. The smallest absolute Gasteiger partial charge is 0.224 e. The molecule has 0 fully saturated rings. The molecule has 0 aliphatic carbocycles.